The molecule has 2 aliphatic carbocycles. The van der Waals surface area contributed by atoms with E-state index in [9.17, 15) is 22.4 Å². The number of halogens is 4. The Kier molecular flexibility index (Phi) is 9.80. The van der Waals surface area contributed by atoms with Gasteiger partial charge in [0.2, 0.25) is 0 Å². The van der Waals surface area contributed by atoms with Gasteiger partial charge in [0, 0.05) is 63.4 Å². The fourth-order valence-electron chi connectivity index (χ4n) is 5.04. The van der Waals surface area contributed by atoms with Crippen LogP contribution in [0.1, 0.15) is 64.5 Å². The minimum Gasteiger partial charge on any atom is -0.381 e. The molecule has 0 amide bonds. The van der Waals surface area contributed by atoms with Crippen molar-refractivity contribution in [1.82, 2.24) is 20.1 Å². The number of carbonyl (C=O) groups excluding carboxylic acids is 1. The monoisotopic (exact) mass is 575 g/mol. The van der Waals surface area contributed by atoms with Crippen LogP contribution in [0, 0.1) is 5.41 Å². The molecular formula is C30H37F4N5O2. The molecule has 2 fully saturated rings. The molecule has 0 radical (unpaired) electrons. The zero-order chi connectivity index (χ0) is 29.6. The molecule has 2 aromatic carbocycles. The van der Waals surface area contributed by atoms with Crippen LogP contribution in [0.3, 0.4) is 0 Å². The average Bonchev–Trinajstić information content (AvgIpc) is 3.60. The molecule has 3 aromatic rings. The summed E-state index contributed by atoms with van der Waals surface area (Å²) in [7, 11) is 5.43. The third-order valence-electron chi connectivity index (χ3n) is 7.98. The number of hydrogen-bond acceptors (Lipinski definition) is 6. The second-order valence-electron chi connectivity index (χ2n) is 11.1. The van der Waals surface area contributed by atoms with E-state index >= 15 is 0 Å². The first-order valence-corrected chi connectivity index (χ1v) is 13.7. The number of ether oxygens (including phenoxy) is 1. The molecule has 1 heterocycles. The number of rotatable bonds is 11. The predicted molar refractivity (Wildman–Crippen MR) is 149 cm³/mol. The molecule has 11 heteroatoms. The summed E-state index contributed by atoms with van der Waals surface area (Å²) in [5.41, 5.74) is -0.0904. The molecule has 0 saturated heterocycles. The lowest BCUT2D eigenvalue weighted by Gasteiger charge is -2.32. The van der Waals surface area contributed by atoms with E-state index in [2.05, 4.69) is 15.5 Å². The van der Waals surface area contributed by atoms with Crippen LogP contribution >= 0.6 is 0 Å². The zero-order valence-electron chi connectivity index (χ0n) is 23.6. The lowest BCUT2D eigenvalue weighted by Crippen LogP contribution is -2.30. The Morgan fingerprint density at radius 3 is 2.44 bits per heavy atom. The largest absolute Gasteiger partial charge is 0.416 e. The molecule has 2 aliphatic rings. The number of hydrogen-bond donors (Lipinski definition) is 1. The number of methoxy groups -OCH3 is 1. The molecule has 5 rings (SSSR count). The normalized spacial score (nSPS) is 19.1. The van der Waals surface area contributed by atoms with Gasteiger partial charge in [0.05, 0.1) is 18.3 Å². The Labute approximate surface area is 237 Å². The van der Waals surface area contributed by atoms with E-state index in [0.717, 1.165) is 43.3 Å². The zero-order valence-corrected chi connectivity index (χ0v) is 23.6. The first-order valence-electron chi connectivity index (χ1n) is 13.7. The Hall–Kier alpha value is -3.31. The Balaban J connectivity index is 0.000000267. The molecule has 0 aliphatic heterocycles. The van der Waals surface area contributed by atoms with Crippen LogP contribution in [-0.2, 0) is 31.1 Å². The van der Waals surface area contributed by atoms with Gasteiger partial charge in [0.15, 0.2) is 0 Å². The van der Waals surface area contributed by atoms with Crippen LogP contribution in [-0.4, -0.2) is 54.5 Å². The van der Waals surface area contributed by atoms with Crippen molar-refractivity contribution in [2.45, 2.75) is 57.0 Å². The first-order chi connectivity index (χ1) is 19.6. The van der Waals surface area contributed by atoms with E-state index in [-0.39, 0.29) is 29.6 Å². The van der Waals surface area contributed by atoms with E-state index < -0.39 is 18.4 Å². The number of anilines is 1. The number of carbonyl (C=O) groups is 1. The molecular weight excluding hydrogens is 538 g/mol. The number of aromatic nitrogens is 3. The summed E-state index contributed by atoms with van der Waals surface area (Å²) < 4.78 is 61.5. The lowest BCUT2D eigenvalue weighted by molar-refractivity contribution is -0.138. The molecule has 0 atom stereocenters. The maximum atomic E-state index is 13.8. The highest BCUT2D eigenvalue weighted by molar-refractivity contribution is 5.79. The van der Waals surface area contributed by atoms with E-state index in [1.54, 1.807) is 49.7 Å². The highest BCUT2D eigenvalue weighted by Gasteiger charge is 2.42. The summed E-state index contributed by atoms with van der Waals surface area (Å²) in [5.74, 6) is 1.64. The number of nitrogens with zero attached hydrogens (tertiary/aromatic N) is 4. The molecule has 0 bridgehead atoms. The molecule has 222 valence electrons. The summed E-state index contributed by atoms with van der Waals surface area (Å²) in [6.07, 6.45) is 1.81. The van der Waals surface area contributed by atoms with Crippen LogP contribution in [0.15, 0.2) is 48.8 Å². The molecule has 7 nitrogen and oxygen atoms in total. The molecule has 0 unspecified atom stereocenters. The third-order valence-corrected chi connectivity index (χ3v) is 7.98. The number of alkyl halides is 4. The second kappa shape index (κ2) is 13.1. The average molecular weight is 576 g/mol. The Morgan fingerprint density at radius 2 is 1.90 bits per heavy atom. The molecule has 41 heavy (non-hydrogen) atoms. The molecule has 1 N–H and O–H groups in total. The minimum atomic E-state index is -4.59. The third kappa shape index (κ3) is 7.71. The molecule has 0 spiro atoms. The van der Waals surface area contributed by atoms with Gasteiger partial charge in [-0.3, -0.25) is 9.18 Å². The van der Waals surface area contributed by atoms with Gasteiger partial charge in [-0.2, -0.15) is 13.2 Å². The van der Waals surface area contributed by atoms with Crippen LogP contribution in [0.5, 0.6) is 0 Å². The Bertz CT molecular complexity index is 1290. The summed E-state index contributed by atoms with van der Waals surface area (Å²) in [6.45, 7) is 0.0873. The Morgan fingerprint density at radius 1 is 1.20 bits per heavy atom. The maximum Gasteiger partial charge on any atom is 0.416 e. The minimum absolute atomic E-state index is 0.0195. The van der Waals surface area contributed by atoms with Crippen molar-refractivity contribution < 1.29 is 27.1 Å². The van der Waals surface area contributed by atoms with Crippen molar-refractivity contribution in [2.75, 3.05) is 32.3 Å². The first kappa shape index (κ1) is 30.6. The fraction of sp³-hybridized carbons (Fsp3) is 0.500. The quantitative estimate of drug-likeness (QED) is 0.234. The smallest absolute Gasteiger partial charge is 0.381 e. The van der Waals surface area contributed by atoms with Crippen LogP contribution in [0.4, 0.5) is 23.2 Å². The second-order valence-corrected chi connectivity index (χ2v) is 11.1. The number of aryl methyl sites for hydroxylation is 1. The van der Waals surface area contributed by atoms with Crippen molar-refractivity contribution in [3.63, 3.8) is 0 Å². The van der Waals surface area contributed by atoms with Crippen LogP contribution in [0.25, 0.3) is 0 Å². The van der Waals surface area contributed by atoms with Gasteiger partial charge in [-0.15, -0.1) is 10.2 Å². The maximum absolute atomic E-state index is 13.8. The summed E-state index contributed by atoms with van der Waals surface area (Å²) in [5, 5.41) is 10.9. The van der Waals surface area contributed by atoms with Gasteiger partial charge in [-0.05, 0) is 61.1 Å². The number of para-hydroxylation sites is 1. The molecule has 2 saturated carbocycles. The number of aldehydes is 1. The highest BCUT2D eigenvalue weighted by atomic mass is 19.4. The van der Waals surface area contributed by atoms with Gasteiger partial charge in [-0.1, -0.05) is 18.2 Å². The lowest BCUT2D eigenvalue weighted by atomic mass is 9.81. The van der Waals surface area contributed by atoms with Crippen molar-refractivity contribution in [3.8, 4) is 0 Å². The van der Waals surface area contributed by atoms with Crippen molar-refractivity contribution in [1.29, 1.82) is 0 Å². The van der Waals surface area contributed by atoms with E-state index in [4.69, 9.17) is 4.74 Å². The molecule has 1 aromatic heterocycles. The predicted octanol–water partition coefficient (Wildman–Crippen LogP) is 5.70. The standard InChI is InChI=1S/C22H24F4N2O.C8H13N3O/c1-28(18-5-3-2-4-6-18)12-19-17(13-29)9-16(10-20(19)22(24,25)26)11-27-15-21(14-23)7-8-21;1-11-5-9-10-8(11)6-3-7(4-6)12-2/h2-6,9-10,13,27H,7-8,11-12,14-15H2,1H3;5-7H,3-4H2,1-2H3. The summed E-state index contributed by atoms with van der Waals surface area (Å²) in [4.78, 5) is 13.3. The van der Waals surface area contributed by atoms with Gasteiger partial charge < -0.3 is 19.5 Å². The summed E-state index contributed by atoms with van der Waals surface area (Å²) in [6, 6.07) is 11.6. The van der Waals surface area contributed by atoms with E-state index in [1.807, 2.05) is 17.7 Å². The van der Waals surface area contributed by atoms with Crippen LogP contribution in [0.2, 0.25) is 0 Å². The van der Waals surface area contributed by atoms with Gasteiger partial charge in [-0.25, -0.2) is 0 Å². The number of nitrogens with one attached hydrogen (secondary N) is 1. The van der Waals surface area contributed by atoms with Gasteiger partial charge >= 0.3 is 6.18 Å². The van der Waals surface area contributed by atoms with E-state index in [0.29, 0.717) is 30.4 Å². The highest BCUT2D eigenvalue weighted by Crippen LogP contribution is 2.45. The topological polar surface area (TPSA) is 72.3 Å². The van der Waals surface area contributed by atoms with E-state index in [1.165, 1.54) is 6.07 Å². The van der Waals surface area contributed by atoms with Gasteiger partial charge in [0.1, 0.15) is 18.4 Å². The SMILES string of the molecule is CN(Cc1c(C=O)cc(CNCC2(CF)CC2)cc1C(F)(F)F)c1ccccc1.COC1CC(c2nncn2C)C1. The van der Waals surface area contributed by atoms with Crippen LogP contribution < -0.4 is 10.2 Å². The summed E-state index contributed by atoms with van der Waals surface area (Å²) >= 11 is 0. The van der Waals surface area contributed by atoms with Crippen molar-refractivity contribution in [2.24, 2.45) is 12.5 Å². The fourth-order valence-corrected chi connectivity index (χ4v) is 5.04. The van der Waals surface area contributed by atoms with Gasteiger partial charge in [0.25, 0.3) is 0 Å². The van der Waals surface area contributed by atoms with Crippen molar-refractivity contribution >= 4 is 12.0 Å². The van der Waals surface area contributed by atoms with Crippen molar-refractivity contribution in [3.05, 3.63) is 76.9 Å². The number of benzene rings is 2.